The summed E-state index contributed by atoms with van der Waals surface area (Å²) >= 11 is 0. The van der Waals surface area contributed by atoms with Crippen molar-refractivity contribution in [3.05, 3.63) is 154 Å². The second-order valence-corrected chi connectivity index (χ2v) is 16.7. The lowest BCUT2D eigenvalue weighted by Crippen LogP contribution is -2.58. The minimum atomic E-state index is -1.60. The monoisotopic (exact) mass is 846 g/mol. The van der Waals surface area contributed by atoms with Crippen LogP contribution in [0.3, 0.4) is 0 Å². The van der Waals surface area contributed by atoms with Crippen LogP contribution in [0.4, 0.5) is 5.82 Å². The number of morpholine rings is 1. The number of aryl methyl sites for hydroxylation is 1. The van der Waals surface area contributed by atoms with Crippen molar-refractivity contribution in [2.75, 3.05) is 45.8 Å². The molecule has 1 unspecified atom stereocenters. The zero-order valence-electron chi connectivity index (χ0n) is 35.9. The Morgan fingerprint density at radius 1 is 0.869 bits per heavy atom. The molecule has 13 nitrogen and oxygen atoms in total. The molecule has 0 spiro atoms. The lowest BCUT2D eigenvalue weighted by atomic mass is 9.75. The van der Waals surface area contributed by atoms with Crippen LogP contribution in [-0.4, -0.2) is 83.7 Å². The average Bonchev–Trinajstić information content (AvgIpc) is 3.27. The van der Waals surface area contributed by atoms with Gasteiger partial charge in [0, 0.05) is 42.5 Å². The van der Waals surface area contributed by atoms with Gasteiger partial charge in [-0.15, -0.1) is 0 Å². The fraction of sp³-hybridized carbons (Fsp3) is 0.362. The number of carbonyl (C=O) groups excluding carboxylic acids is 1. The summed E-state index contributed by atoms with van der Waals surface area (Å²) in [7, 11) is 1.69. The van der Waals surface area contributed by atoms with Gasteiger partial charge in [-0.2, -0.15) is 10.2 Å². The Balaban J connectivity index is 1.48. The molecule has 1 amide bonds. The summed E-state index contributed by atoms with van der Waals surface area (Å²) in [4.78, 5) is 34.0. The zero-order chi connectivity index (χ0) is 43.5. The SMILES string of the molecule is COc1ccc(C(c2ccccc2)(c2ccc(OC)cc2)N2C[C@@H](COP(OCCC#N)N(C(C)C)C(C)C)O[C@@H](n3cc(C)c(NC(=O)c4ccccc4)nc3=O)C2)cc1. The van der Waals surface area contributed by atoms with Crippen LogP contribution in [0.5, 0.6) is 11.5 Å². The van der Waals surface area contributed by atoms with Gasteiger partial charge in [-0.05, 0) is 87.7 Å². The summed E-state index contributed by atoms with van der Waals surface area (Å²) in [6.45, 7) is 11.1. The van der Waals surface area contributed by atoms with Crippen molar-refractivity contribution in [3.8, 4) is 17.6 Å². The van der Waals surface area contributed by atoms with Gasteiger partial charge in [-0.25, -0.2) is 9.46 Å². The number of amides is 1. The predicted molar refractivity (Wildman–Crippen MR) is 237 cm³/mol. The van der Waals surface area contributed by atoms with Crippen LogP contribution in [0, 0.1) is 18.3 Å². The molecule has 0 aliphatic carbocycles. The van der Waals surface area contributed by atoms with Crippen LogP contribution in [0.1, 0.15) is 73.0 Å². The maximum atomic E-state index is 14.2. The van der Waals surface area contributed by atoms with Gasteiger partial charge in [0.25, 0.3) is 14.4 Å². The van der Waals surface area contributed by atoms with E-state index in [1.807, 2.05) is 48.5 Å². The Hall–Kier alpha value is -5.45. The van der Waals surface area contributed by atoms with Crippen molar-refractivity contribution in [2.24, 2.45) is 0 Å². The summed E-state index contributed by atoms with van der Waals surface area (Å²) in [6.07, 6.45) is 0.470. The lowest BCUT2D eigenvalue weighted by Gasteiger charge is -2.50. The Morgan fingerprint density at radius 2 is 1.43 bits per heavy atom. The molecule has 1 aliphatic heterocycles. The summed E-state index contributed by atoms with van der Waals surface area (Å²) in [6, 6.07) is 37.5. The first-order valence-electron chi connectivity index (χ1n) is 20.4. The molecule has 1 aromatic heterocycles. The molecule has 4 aromatic carbocycles. The third kappa shape index (κ3) is 10.4. The number of hydrogen-bond acceptors (Lipinski definition) is 11. The number of benzene rings is 4. The van der Waals surface area contributed by atoms with E-state index in [2.05, 4.69) is 90.0 Å². The molecule has 320 valence electrons. The van der Waals surface area contributed by atoms with E-state index in [0.717, 1.165) is 16.7 Å². The third-order valence-corrected chi connectivity index (χ3v) is 12.7. The van der Waals surface area contributed by atoms with E-state index in [9.17, 15) is 14.9 Å². The number of nitrogens with zero attached hydrogens (tertiary/aromatic N) is 5. The van der Waals surface area contributed by atoms with E-state index < -0.39 is 32.1 Å². The number of rotatable bonds is 18. The molecular formula is C47H55N6O7P. The van der Waals surface area contributed by atoms with E-state index in [-0.39, 0.29) is 50.0 Å². The number of nitrogens with one attached hydrogen (secondary N) is 1. The maximum absolute atomic E-state index is 14.2. The highest BCUT2D eigenvalue weighted by Crippen LogP contribution is 2.48. The van der Waals surface area contributed by atoms with Crippen LogP contribution in [0.15, 0.2) is 120 Å². The summed E-state index contributed by atoms with van der Waals surface area (Å²) in [5.74, 6) is 1.22. The van der Waals surface area contributed by atoms with Crippen molar-refractivity contribution in [1.82, 2.24) is 19.1 Å². The predicted octanol–water partition coefficient (Wildman–Crippen LogP) is 8.31. The van der Waals surface area contributed by atoms with Gasteiger partial charge in [-0.3, -0.25) is 14.3 Å². The van der Waals surface area contributed by atoms with Gasteiger partial charge < -0.3 is 28.6 Å². The highest BCUT2D eigenvalue weighted by atomic mass is 31.2. The molecule has 2 heterocycles. The summed E-state index contributed by atoms with van der Waals surface area (Å²) in [5.41, 5.74) is 2.40. The normalized spacial score (nSPS) is 16.3. The van der Waals surface area contributed by atoms with E-state index in [1.54, 1.807) is 51.6 Å². The molecule has 3 atom stereocenters. The van der Waals surface area contributed by atoms with Gasteiger partial charge in [0.05, 0.1) is 51.6 Å². The highest BCUT2D eigenvalue weighted by molar-refractivity contribution is 7.44. The van der Waals surface area contributed by atoms with E-state index >= 15 is 0 Å². The molecule has 0 bridgehead atoms. The average molecular weight is 847 g/mol. The molecule has 61 heavy (non-hydrogen) atoms. The van der Waals surface area contributed by atoms with E-state index in [0.29, 0.717) is 29.2 Å². The molecule has 6 rings (SSSR count). The molecule has 5 aromatic rings. The van der Waals surface area contributed by atoms with Crippen LogP contribution in [-0.2, 0) is 19.3 Å². The maximum Gasteiger partial charge on any atom is 0.351 e. The molecule has 1 fully saturated rings. The summed E-state index contributed by atoms with van der Waals surface area (Å²) < 4.78 is 34.8. The smallest absolute Gasteiger partial charge is 0.351 e. The van der Waals surface area contributed by atoms with Crippen LogP contribution < -0.4 is 20.5 Å². The molecule has 1 aliphatic rings. The first kappa shape index (κ1) is 45.1. The number of nitriles is 1. The fourth-order valence-electron chi connectivity index (χ4n) is 7.86. The van der Waals surface area contributed by atoms with Crippen molar-refractivity contribution >= 4 is 20.3 Å². The number of anilines is 1. The first-order valence-corrected chi connectivity index (χ1v) is 21.6. The first-order chi connectivity index (χ1) is 29.5. The zero-order valence-corrected chi connectivity index (χ0v) is 36.8. The summed E-state index contributed by atoms with van der Waals surface area (Å²) in [5, 5.41) is 12.2. The number of hydrogen-bond donors (Lipinski definition) is 1. The minimum Gasteiger partial charge on any atom is -0.497 e. The van der Waals surface area contributed by atoms with E-state index in [1.165, 1.54) is 4.57 Å². The van der Waals surface area contributed by atoms with Gasteiger partial charge in [0.15, 0.2) is 6.23 Å². The standard InChI is InChI=1S/C47H55N6O7P/c1-33(2)53(34(3)4)61(58-28-14-27-48)59-32-42-30-51(31-43(60-42)52-29-35(5)44(50-46(52)55)49-45(54)36-15-10-8-11-16-36)47(37-17-12-9-13-18-37,38-19-23-40(56-6)24-20-38)39-21-25-41(57-7)26-22-39/h8-13,15-26,29,33-34,42-43H,14,28,30-32H2,1-7H3,(H,49,50,54,55)/t42-,43+,61?/m0/s1. The van der Waals surface area contributed by atoms with Gasteiger partial charge in [0.1, 0.15) is 17.3 Å². The molecule has 0 radical (unpaired) electrons. The Bertz CT molecular complexity index is 2230. The largest absolute Gasteiger partial charge is 0.497 e. The topological polar surface area (TPSA) is 140 Å². The van der Waals surface area contributed by atoms with E-state index in [4.69, 9.17) is 23.3 Å². The fourth-order valence-corrected chi connectivity index (χ4v) is 9.49. The van der Waals surface area contributed by atoms with Crippen LogP contribution in [0.2, 0.25) is 0 Å². The Labute approximate surface area is 359 Å². The van der Waals surface area contributed by atoms with Crippen LogP contribution >= 0.6 is 8.53 Å². The Morgan fingerprint density at radius 3 is 1.97 bits per heavy atom. The van der Waals surface area contributed by atoms with Gasteiger partial charge in [-0.1, -0.05) is 72.8 Å². The van der Waals surface area contributed by atoms with Crippen molar-refractivity contribution in [2.45, 2.75) is 71.0 Å². The number of methoxy groups -OCH3 is 2. The number of carbonyl (C=O) groups is 1. The molecule has 1 saturated heterocycles. The van der Waals surface area contributed by atoms with Gasteiger partial charge in [0.2, 0.25) is 0 Å². The van der Waals surface area contributed by atoms with Crippen LogP contribution in [0.25, 0.3) is 0 Å². The highest BCUT2D eigenvalue weighted by Gasteiger charge is 2.47. The van der Waals surface area contributed by atoms with Crippen molar-refractivity contribution < 1.29 is 28.1 Å². The molecule has 1 N–H and O–H groups in total. The third-order valence-electron chi connectivity index (χ3n) is 10.6. The van der Waals surface area contributed by atoms with Crippen molar-refractivity contribution in [1.29, 1.82) is 5.26 Å². The Kier molecular flexibility index (Phi) is 15.4. The number of ether oxygens (including phenoxy) is 3. The minimum absolute atomic E-state index is 0.0918. The second kappa shape index (κ2) is 20.9. The lowest BCUT2D eigenvalue weighted by molar-refractivity contribution is -0.149. The quantitative estimate of drug-likeness (QED) is 0.0518. The van der Waals surface area contributed by atoms with Gasteiger partial charge >= 0.3 is 5.69 Å². The van der Waals surface area contributed by atoms with Crippen molar-refractivity contribution in [3.63, 3.8) is 0 Å². The molecular weight excluding hydrogens is 792 g/mol. The molecule has 0 saturated carbocycles. The number of aromatic nitrogens is 2. The molecule has 14 heteroatoms. The second-order valence-electron chi connectivity index (χ2n) is 15.3.